The third-order valence-electron chi connectivity index (χ3n) is 3.99. The molecule has 7 nitrogen and oxygen atoms in total. The first-order chi connectivity index (χ1) is 11.4. The molecule has 0 atom stereocenters. The van der Waals surface area contributed by atoms with Gasteiger partial charge in [-0.05, 0) is 44.4 Å². The zero-order valence-corrected chi connectivity index (χ0v) is 13.3. The lowest BCUT2D eigenvalue weighted by Gasteiger charge is -2.18. The zero-order chi connectivity index (χ0) is 17.4. The number of aryl methyl sites for hydroxylation is 2. The van der Waals surface area contributed by atoms with Gasteiger partial charge in [0, 0.05) is 17.5 Å². The van der Waals surface area contributed by atoms with Crippen LogP contribution in [0, 0.1) is 25.2 Å². The zero-order valence-electron chi connectivity index (χ0n) is 13.3. The molecule has 2 heterocycles. The van der Waals surface area contributed by atoms with Gasteiger partial charge in [0.15, 0.2) is 0 Å². The van der Waals surface area contributed by atoms with Crippen LogP contribution in [-0.2, 0) is 0 Å². The van der Waals surface area contributed by atoms with Gasteiger partial charge in [-0.3, -0.25) is 10.2 Å². The van der Waals surface area contributed by atoms with Crippen molar-refractivity contribution in [1.82, 2.24) is 4.68 Å². The van der Waals surface area contributed by atoms with E-state index >= 15 is 0 Å². The number of aromatic nitrogens is 1. The predicted octanol–water partition coefficient (Wildman–Crippen LogP) is -0.202. The van der Waals surface area contributed by atoms with E-state index < -0.39 is 11.2 Å². The van der Waals surface area contributed by atoms with Crippen molar-refractivity contribution in [3.63, 3.8) is 0 Å². The first-order valence-corrected chi connectivity index (χ1v) is 7.45. The molecule has 0 radical (unpaired) electrons. The average molecular weight is 324 g/mol. The Balaban J connectivity index is 2.26. The quantitative estimate of drug-likeness (QED) is 0.790. The van der Waals surface area contributed by atoms with Crippen molar-refractivity contribution in [1.29, 1.82) is 5.26 Å². The van der Waals surface area contributed by atoms with Crippen LogP contribution < -0.4 is 33.0 Å². The Morgan fingerprint density at radius 2 is 2.08 bits per heavy atom. The van der Waals surface area contributed by atoms with E-state index in [1.165, 1.54) is 10.7 Å². The van der Waals surface area contributed by atoms with Gasteiger partial charge in [0.25, 0.3) is 5.56 Å². The van der Waals surface area contributed by atoms with E-state index in [2.05, 4.69) is 5.43 Å². The number of nitrogen functional groups attached to an aromatic ring is 1. The summed E-state index contributed by atoms with van der Waals surface area (Å²) in [6.45, 7) is 3.50. The monoisotopic (exact) mass is 324 g/mol. The molecule has 24 heavy (non-hydrogen) atoms. The smallest absolute Gasteiger partial charge is 0.338 e. The lowest BCUT2D eigenvalue weighted by Crippen LogP contribution is -2.41. The van der Waals surface area contributed by atoms with Crippen LogP contribution in [0.15, 0.2) is 26.1 Å². The Morgan fingerprint density at radius 1 is 1.33 bits per heavy atom. The summed E-state index contributed by atoms with van der Waals surface area (Å²) in [5.74, 6) is 0. The molecule has 2 aromatic heterocycles. The Labute approximate surface area is 136 Å². The van der Waals surface area contributed by atoms with Crippen molar-refractivity contribution in [3.8, 4) is 6.07 Å². The topological polar surface area (TPSA) is 114 Å². The van der Waals surface area contributed by atoms with Crippen molar-refractivity contribution in [3.05, 3.63) is 60.4 Å². The minimum Gasteiger partial charge on any atom is -0.423 e. The van der Waals surface area contributed by atoms with Crippen molar-refractivity contribution in [2.75, 3.05) is 11.2 Å². The van der Waals surface area contributed by atoms with Gasteiger partial charge < -0.3 is 10.2 Å². The van der Waals surface area contributed by atoms with Gasteiger partial charge in [-0.15, -0.1) is 0 Å². The van der Waals surface area contributed by atoms with E-state index in [4.69, 9.17) is 10.2 Å². The van der Waals surface area contributed by atoms with E-state index in [-0.39, 0.29) is 11.3 Å². The van der Waals surface area contributed by atoms with Crippen LogP contribution in [0.25, 0.3) is 11.8 Å². The van der Waals surface area contributed by atoms with Crippen molar-refractivity contribution in [2.45, 2.75) is 26.7 Å². The summed E-state index contributed by atoms with van der Waals surface area (Å²) in [7, 11) is 0. The molecule has 0 saturated heterocycles. The minimum atomic E-state index is -0.515. The molecule has 0 aromatic carbocycles. The van der Waals surface area contributed by atoms with Crippen molar-refractivity contribution >= 4 is 17.5 Å². The number of pyridine rings is 1. The van der Waals surface area contributed by atoms with Crippen molar-refractivity contribution < 1.29 is 4.42 Å². The van der Waals surface area contributed by atoms with E-state index in [9.17, 15) is 14.9 Å². The second-order valence-corrected chi connectivity index (χ2v) is 5.69. The molecule has 0 amide bonds. The fraction of sp³-hybridized carbons (Fsp3) is 0.235. The summed E-state index contributed by atoms with van der Waals surface area (Å²) in [6.07, 6.45) is 3.04. The van der Waals surface area contributed by atoms with Crippen LogP contribution in [0.2, 0.25) is 0 Å². The molecule has 0 fully saturated rings. The Morgan fingerprint density at radius 3 is 2.79 bits per heavy atom. The van der Waals surface area contributed by atoms with Gasteiger partial charge in [-0.1, -0.05) is 0 Å². The summed E-state index contributed by atoms with van der Waals surface area (Å²) >= 11 is 0. The first-order valence-electron chi connectivity index (χ1n) is 7.45. The highest BCUT2D eigenvalue weighted by atomic mass is 16.4. The van der Waals surface area contributed by atoms with Gasteiger partial charge in [-0.2, -0.15) is 5.26 Å². The van der Waals surface area contributed by atoms with Crippen LogP contribution in [0.5, 0.6) is 0 Å². The van der Waals surface area contributed by atoms with Crippen LogP contribution in [0.1, 0.15) is 29.7 Å². The molecule has 0 spiro atoms. The van der Waals surface area contributed by atoms with E-state index in [1.54, 1.807) is 26.0 Å². The molecule has 0 saturated carbocycles. The lowest BCUT2D eigenvalue weighted by atomic mass is 10.1. The van der Waals surface area contributed by atoms with Crippen LogP contribution >= 0.6 is 0 Å². The highest BCUT2D eigenvalue weighted by Crippen LogP contribution is 2.10. The molecule has 2 aromatic rings. The fourth-order valence-corrected chi connectivity index (χ4v) is 2.88. The van der Waals surface area contributed by atoms with Crippen LogP contribution in [0.4, 0.5) is 5.69 Å². The number of nitrogens with one attached hydrogen (secondary N) is 1. The molecular weight excluding hydrogens is 308 g/mol. The number of anilines is 1. The van der Waals surface area contributed by atoms with Crippen LogP contribution in [-0.4, -0.2) is 4.68 Å². The van der Waals surface area contributed by atoms with Gasteiger partial charge in [-0.25, -0.2) is 9.47 Å². The predicted molar refractivity (Wildman–Crippen MR) is 90.0 cm³/mol. The molecule has 0 unspecified atom stereocenters. The molecule has 3 N–H and O–H groups in total. The van der Waals surface area contributed by atoms with Crippen molar-refractivity contribution in [2.24, 2.45) is 0 Å². The maximum atomic E-state index is 12.5. The average Bonchev–Trinajstić information content (AvgIpc) is 2.51. The van der Waals surface area contributed by atoms with Gasteiger partial charge in [0.2, 0.25) is 0 Å². The summed E-state index contributed by atoms with van der Waals surface area (Å²) in [4.78, 5) is 24.0. The highest BCUT2D eigenvalue weighted by Gasteiger charge is 2.14. The van der Waals surface area contributed by atoms with Gasteiger partial charge >= 0.3 is 5.63 Å². The molecule has 1 aliphatic carbocycles. The number of hydrogen-bond donors (Lipinski definition) is 2. The minimum absolute atomic E-state index is 0.0869. The SMILES string of the molecule is Cc1cc(C)n(NC2=c3c(N)cc(=O)oc3=CCC2)c(=O)c1C#N. The summed E-state index contributed by atoms with van der Waals surface area (Å²) in [5.41, 5.74) is 10.8. The van der Waals surface area contributed by atoms with E-state index in [1.807, 2.05) is 6.07 Å². The van der Waals surface area contributed by atoms with E-state index in [0.717, 1.165) is 0 Å². The third kappa shape index (κ3) is 2.48. The molecule has 122 valence electrons. The first kappa shape index (κ1) is 15.6. The standard InChI is InChI=1S/C17H16N4O3/c1-9-6-10(2)21(17(23)11(9)8-18)20-13-4-3-5-14-16(13)12(19)7-15(22)24-14/h5-7,20H,3-4,19H2,1-2H3. The Bertz CT molecular complexity index is 1120. The number of rotatable bonds is 2. The molecule has 1 aliphatic rings. The summed E-state index contributed by atoms with van der Waals surface area (Å²) < 4.78 is 6.50. The third-order valence-corrected chi connectivity index (χ3v) is 3.99. The maximum absolute atomic E-state index is 12.5. The molecule has 0 aliphatic heterocycles. The normalized spacial score (nSPS) is 13.0. The number of fused-ring (bicyclic) bond motifs is 1. The highest BCUT2D eigenvalue weighted by molar-refractivity contribution is 5.60. The number of nitrogens with two attached hydrogens (primary N) is 1. The van der Waals surface area contributed by atoms with E-state index in [0.29, 0.717) is 40.4 Å². The number of nitriles is 1. The van der Waals surface area contributed by atoms with Crippen LogP contribution in [0.3, 0.4) is 0 Å². The molecular formula is C17H16N4O3. The Kier molecular flexibility index (Phi) is 3.73. The maximum Gasteiger partial charge on any atom is 0.338 e. The lowest BCUT2D eigenvalue weighted by molar-refractivity contribution is 0.471. The largest absolute Gasteiger partial charge is 0.423 e. The number of hydrogen-bond acceptors (Lipinski definition) is 6. The number of nitrogens with zero attached hydrogens (tertiary/aromatic N) is 2. The second kappa shape index (κ2) is 5.74. The van der Waals surface area contributed by atoms with Gasteiger partial charge in [0.05, 0.1) is 10.9 Å². The molecule has 0 bridgehead atoms. The summed E-state index contributed by atoms with van der Waals surface area (Å²) in [5, 5.41) is 9.76. The Hall–Kier alpha value is -3.27. The second-order valence-electron chi connectivity index (χ2n) is 5.69. The fourth-order valence-electron chi connectivity index (χ4n) is 2.88. The molecule has 7 heteroatoms. The summed E-state index contributed by atoms with van der Waals surface area (Å²) in [6, 6.07) is 4.91. The molecule has 3 rings (SSSR count). The van der Waals surface area contributed by atoms with Gasteiger partial charge in [0.1, 0.15) is 17.0 Å².